The van der Waals surface area contributed by atoms with Gasteiger partial charge in [-0.2, -0.15) is 13.2 Å². The molecule has 2 N–H and O–H groups in total. The van der Waals surface area contributed by atoms with Crippen molar-refractivity contribution in [3.63, 3.8) is 0 Å². The van der Waals surface area contributed by atoms with Crippen molar-refractivity contribution in [3.05, 3.63) is 65.0 Å². The second-order valence-corrected chi connectivity index (χ2v) is 8.06. The molecule has 9 heteroatoms. The smallest absolute Gasteiger partial charge is 0.416 e. The quantitative estimate of drug-likeness (QED) is 0.601. The number of alkyl halides is 3. The minimum absolute atomic E-state index is 0.0699. The van der Waals surface area contributed by atoms with Gasteiger partial charge in [-0.1, -0.05) is 12.1 Å². The van der Waals surface area contributed by atoms with Gasteiger partial charge in [-0.25, -0.2) is 9.18 Å². The highest BCUT2D eigenvalue weighted by Gasteiger charge is 2.46. The highest BCUT2D eigenvalue weighted by atomic mass is 19.4. The zero-order valence-electron chi connectivity index (χ0n) is 16.3. The summed E-state index contributed by atoms with van der Waals surface area (Å²) in [5, 5.41) is 11.8. The Hall–Kier alpha value is -3.10. The number of carbonyl (C=O) groups excluding carboxylic acids is 1. The van der Waals surface area contributed by atoms with E-state index in [0.717, 1.165) is 24.8 Å². The Morgan fingerprint density at radius 1 is 1.10 bits per heavy atom. The lowest BCUT2D eigenvalue weighted by Crippen LogP contribution is -2.34. The van der Waals surface area contributed by atoms with Gasteiger partial charge in [-0.3, -0.25) is 4.79 Å². The van der Waals surface area contributed by atoms with Crippen molar-refractivity contribution in [2.24, 2.45) is 5.92 Å². The van der Waals surface area contributed by atoms with Crippen molar-refractivity contribution in [1.82, 2.24) is 4.90 Å². The fraction of sp³-hybridized carbons (Fsp3) is 0.364. The van der Waals surface area contributed by atoms with Crippen molar-refractivity contribution >= 4 is 17.7 Å². The van der Waals surface area contributed by atoms with Gasteiger partial charge in [0.25, 0.3) is 5.91 Å². The van der Waals surface area contributed by atoms with Crippen LogP contribution < -0.4 is 5.32 Å². The number of nitrogens with one attached hydrogen (secondary N) is 1. The summed E-state index contributed by atoms with van der Waals surface area (Å²) in [7, 11) is 0. The van der Waals surface area contributed by atoms with Gasteiger partial charge >= 0.3 is 12.3 Å². The lowest BCUT2D eigenvalue weighted by atomic mass is 10.1. The van der Waals surface area contributed by atoms with Crippen LogP contribution in [-0.4, -0.2) is 34.6 Å². The largest absolute Gasteiger partial charge is 0.465 e. The van der Waals surface area contributed by atoms with Crippen LogP contribution in [0.25, 0.3) is 0 Å². The first-order chi connectivity index (χ1) is 14.6. The van der Waals surface area contributed by atoms with E-state index < -0.39 is 35.1 Å². The Bertz CT molecular complexity index is 1000. The first-order valence-electron chi connectivity index (χ1n) is 9.91. The van der Waals surface area contributed by atoms with E-state index in [0.29, 0.717) is 36.3 Å². The summed E-state index contributed by atoms with van der Waals surface area (Å²) in [6.07, 6.45) is -2.77. The lowest BCUT2D eigenvalue weighted by Gasteiger charge is -2.19. The van der Waals surface area contributed by atoms with Crippen molar-refractivity contribution in [1.29, 1.82) is 0 Å². The molecule has 2 aliphatic rings. The summed E-state index contributed by atoms with van der Waals surface area (Å²) in [6.45, 7) is 0.549. The Morgan fingerprint density at radius 2 is 1.77 bits per heavy atom. The maximum Gasteiger partial charge on any atom is 0.416 e. The molecule has 2 amide bonds. The number of amides is 2. The number of nitrogens with zero attached hydrogens (tertiary/aromatic N) is 1. The molecule has 2 aliphatic carbocycles. The van der Waals surface area contributed by atoms with E-state index in [1.54, 1.807) is 24.3 Å². The molecule has 0 aromatic heterocycles. The van der Waals surface area contributed by atoms with Gasteiger partial charge < -0.3 is 15.3 Å². The summed E-state index contributed by atoms with van der Waals surface area (Å²) in [5.41, 5.74) is -0.590. The van der Waals surface area contributed by atoms with Gasteiger partial charge in [-0.05, 0) is 61.1 Å². The van der Waals surface area contributed by atoms with Gasteiger partial charge in [0.1, 0.15) is 5.82 Å². The zero-order chi connectivity index (χ0) is 22.3. The van der Waals surface area contributed by atoms with Crippen LogP contribution >= 0.6 is 0 Å². The van der Waals surface area contributed by atoms with Gasteiger partial charge in [0.05, 0.1) is 11.1 Å². The average molecular weight is 436 g/mol. The standard InChI is InChI=1S/C22H20F4N2O3/c23-18-8-5-14(22(24,25)26)9-17(18)20(29)27-15-6-3-13(4-7-15)16-10-19(16)28(21(30)31)11-12-1-2-12/h3-9,12,16,19H,1-2,10-11H2,(H,27,29)(H,30,31)/t16-,19+/m0/s1. The van der Waals surface area contributed by atoms with Gasteiger partial charge in [0, 0.05) is 24.2 Å². The van der Waals surface area contributed by atoms with E-state index in [2.05, 4.69) is 5.32 Å². The van der Waals surface area contributed by atoms with Crippen LogP contribution in [0.2, 0.25) is 0 Å². The zero-order valence-corrected chi connectivity index (χ0v) is 16.3. The molecule has 5 nitrogen and oxygen atoms in total. The topological polar surface area (TPSA) is 69.6 Å². The number of hydrogen-bond acceptors (Lipinski definition) is 2. The second kappa shape index (κ2) is 7.86. The number of halogens is 4. The maximum atomic E-state index is 13.9. The number of carbonyl (C=O) groups is 2. The highest BCUT2D eigenvalue weighted by Crippen LogP contribution is 2.46. The van der Waals surface area contributed by atoms with E-state index in [9.17, 15) is 32.3 Å². The van der Waals surface area contributed by atoms with Crippen molar-refractivity contribution in [2.45, 2.75) is 37.4 Å². The number of rotatable bonds is 6. The predicted molar refractivity (Wildman–Crippen MR) is 104 cm³/mol. The normalized spacial score (nSPS) is 20.3. The molecule has 0 spiro atoms. The fourth-order valence-electron chi connectivity index (χ4n) is 3.71. The highest BCUT2D eigenvalue weighted by molar-refractivity contribution is 6.04. The molecule has 2 aromatic rings. The van der Waals surface area contributed by atoms with Crippen LogP contribution in [0.4, 0.5) is 28.0 Å². The molecule has 0 unspecified atom stereocenters. The first kappa shape index (κ1) is 21.1. The minimum Gasteiger partial charge on any atom is -0.465 e. The first-order valence-corrected chi connectivity index (χ1v) is 9.91. The number of benzene rings is 2. The number of anilines is 1. The molecule has 0 bridgehead atoms. The van der Waals surface area contributed by atoms with Crippen molar-refractivity contribution in [3.8, 4) is 0 Å². The van der Waals surface area contributed by atoms with Gasteiger partial charge in [0.15, 0.2) is 0 Å². The van der Waals surface area contributed by atoms with E-state index in [1.165, 1.54) is 4.90 Å². The van der Waals surface area contributed by atoms with Crippen molar-refractivity contribution in [2.75, 3.05) is 11.9 Å². The molecular formula is C22H20F4N2O3. The maximum absolute atomic E-state index is 13.9. The molecule has 164 valence electrons. The summed E-state index contributed by atoms with van der Waals surface area (Å²) in [4.78, 5) is 25.3. The molecule has 2 fully saturated rings. The molecule has 0 heterocycles. The molecule has 0 aliphatic heterocycles. The average Bonchev–Trinajstić information content (AvgIpc) is 3.60. The molecule has 31 heavy (non-hydrogen) atoms. The minimum atomic E-state index is -4.69. The summed E-state index contributed by atoms with van der Waals surface area (Å²) in [5.74, 6) is -1.51. The Balaban J connectivity index is 1.41. The third-order valence-corrected chi connectivity index (χ3v) is 5.69. The van der Waals surface area contributed by atoms with Crippen LogP contribution in [0.15, 0.2) is 42.5 Å². The second-order valence-electron chi connectivity index (χ2n) is 8.06. The van der Waals surface area contributed by atoms with Crippen LogP contribution in [0, 0.1) is 11.7 Å². The molecule has 2 atom stereocenters. The summed E-state index contributed by atoms with van der Waals surface area (Å²) < 4.78 is 52.4. The Kier molecular flexibility index (Phi) is 5.36. The van der Waals surface area contributed by atoms with Crippen molar-refractivity contribution < 1.29 is 32.3 Å². The molecule has 0 saturated heterocycles. The Labute approximate surface area is 175 Å². The number of hydrogen-bond donors (Lipinski definition) is 2. The summed E-state index contributed by atoms with van der Waals surface area (Å²) in [6, 6.07) is 8.21. The molecule has 4 rings (SSSR count). The van der Waals surface area contributed by atoms with Crippen LogP contribution in [0.1, 0.15) is 46.7 Å². The molecule has 2 aromatic carbocycles. The third-order valence-electron chi connectivity index (χ3n) is 5.69. The number of carboxylic acid groups (broad SMARTS) is 1. The monoisotopic (exact) mass is 436 g/mol. The third kappa shape index (κ3) is 4.81. The van der Waals surface area contributed by atoms with Gasteiger partial charge in [0.2, 0.25) is 0 Å². The molecule has 0 radical (unpaired) electrons. The SMILES string of the molecule is O=C(Nc1ccc([C@@H]2C[C@H]2N(CC2CC2)C(=O)O)cc1)c1cc(C(F)(F)F)ccc1F. The summed E-state index contributed by atoms with van der Waals surface area (Å²) >= 11 is 0. The van der Waals surface area contributed by atoms with Crippen LogP contribution in [-0.2, 0) is 6.18 Å². The lowest BCUT2D eigenvalue weighted by molar-refractivity contribution is -0.137. The van der Waals surface area contributed by atoms with Gasteiger partial charge in [-0.15, -0.1) is 0 Å². The Morgan fingerprint density at radius 3 is 2.35 bits per heavy atom. The van der Waals surface area contributed by atoms with E-state index >= 15 is 0 Å². The van der Waals surface area contributed by atoms with E-state index in [-0.39, 0.29) is 12.0 Å². The molecule has 2 saturated carbocycles. The van der Waals surface area contributed by atoms with Crippen LogP contribution in [0.3, 0.4) is 0 Å². The van der Waals surface area contributed by atoms with E-state index in [1.807, 2.05) is 0 Å². The predicted octanol–water partition coefficient (Wildman–Crippen LogP) is 5.34. The van der Waals surface area contributed by atoms with E-state index in [4.69, 9.17) is 0 Å². The molecular weight excluding hydrogens is 416 g/mol. The fourth-order valence-corrected chi connectivity index (χ4v) is 3.71. The van der Waals surface area contributed by atoms with Crippen LogP contribution in [0.5, 0.6) is 0 Å².